The van der Waals surface area contributed by atoms with Gasteiger partial charge >= 0.3 is 35.7 Å². The third-order valence-corrected chi connectivity index (χ3v) is 1.47. The van der Waals surface area contributed by atoms with Gasteiger partial charge in [-0.15, -0.1) is 0 Å². The molecular formula is C5H11NaO3S2. The molecule has 0 rings (SSSR count). The molecule has 3 nitrogen and oxygen atoms in total. The van der Waals surface area contributed by atoms with Crippen LogP contribution in [0.5, 0.6) is 0 Å². The summed E-state index contributed by atoms with van der Waals surface area (Å²) < 4.78 is 9.06. The maximum atomic E-state index is 10.5. The molecule has 0 aliphatic rings. The molecule has 0 saturated heterocycles. The van der Waals surface area contributed by atoms with Crippen molar-refractivity contribution in [1.82, 2.24) is 0 Å². The van der Waals surface area contributed by atoms with E-state index in [2.05, 4.69) is 8.37 Å². The van der Waals surface area contributed by atoms with E-state index in [0.29, 0.717) is 0 Å². The predicted octanol–water partition coefficient (Wildman–Crippen LogP) is 1.83. The van der Waals surface area contributed by atoms with Crippen molar-refractivity contribution in [2.75, 3.05) is 11.5 Å². The number of carbonyl (C=O) groups excluding carboxylic acids is 1. The third kappa shape index (κ3) is 11.0. The normalized spacial score (nSPS) is 8.18. The molecule has 0 bridgehead atoms. The molecule has 0 unspecified atom stereocenters. The van der Waals surface area contributed by atoms with Crippen LogP contribution in [0.15, 0.2) is 0 Å². The van der Waals surface area contributed by atoms with E-state index in [0.717, 1.165) is 35.6 Å². The molecule has 0 aromatic rings. The van der Waals surface area contributed by atoms with Crippen molar-refractivity contribution in [3.8, 4) is 0 Å². The summed E-state index contributed by atoms with van der Waals surface area (Å²) in [4.78, 5) is 10.5. The Hall–Kier alpha value is 0.970. The van der Waals surface area contributed by atoms with E-state index in [9.17, 15) is 4.79 Å². The zero-order valence-corrected chi connectivity index (χ0v) is 7.59. The molecule has 11 heavy (non-hydrogen) atoms. The molecule has 0 atom stereocenters. The van der Waals surface area contributed by atoms with E-state index in [1.807, 2.05) is 13.8 Å². The van der Waals surface area contributed by atoms with Crippen molar-refractivity contribution < 1.29 is 13.2 Å². The summed E-state index contributed by atoms with van der Waals surface area (Å²) in [6.45, 7) is 3.79. The van der Waals surface area contributed by atoms with Crippen LogP contribution >= 0.6 is 24.1 Å². The van der Waals surface area contributed by atoms with Crippen LogP contribution in [0.1, 0.15) is 13.8 Å². The molecule has 62 valence electrons. The second-order valence-corrected chi connectivity index (χ2v) is 3.19. The van der Waals surface area contributed by atoms with Gasteiger partial charge in [-0.1, -0.05) is 13.8 Å². The van der Waals surface area contributed by atoms with Crippen LogP contribution < -0.4 is 0 Å². The van der Waals surface area contributed by atoms with Crippen LogP contribution in [0.4, 0.5) is 4.79 Å². The summed E-state index contributed by atoms with van der Waals surface area (Å²) in [6, 6.07) is 0. The average molecular weight is 206 g/mol. The summed E-state index contributed by atoms with van der Waals surface area (Å²) in [5.74, 6) is 1.48. The van der Waals surface area contributed by atoms with Crippen LogP contribution in [0.2, 0.25) is 0 Å². The van der Waals surface area contributed by atoms with Crippen molar-refractivity contribution in [3.63, 3.8) is 0 Å². The van der Waals surface area contributed by atoms with Crippen molar-refractivity contribution in [1.29, 1.82) is 0 Å². The second-order valence-electron chi connectivity index (χ2n) is 1.23. The molecule has 6 heteroatoms. The Morgan fingerprint density at radius 1 is 1.18 bits per heavy atom. The summed E-state index contributed by atoms with van der Waals surface area (Å²) in [5, 5.41) is 0. The average Bonchev–Trinajstić information content (AvgIpc) is 1.97. The van der Waals surface area contributed by atoms with Crippen LogP contribution in [0.3, 0.4) is 0 Å². The minimum absolute atomic E-state index is 0. The zero-order valence-electron chi connectivity index (χ0n) is 5.96. The van der Waals surface area contributed by atoms with Gasteiger partial charge in [-0.25, -0.2) is 4.79 Å². The van der Waals surface area contributed by atoms with Crippen LogP contribution in [-0.2, 0) is 8.37 Å². The fourth-order valence-corrected chi connectivity index (χ4v) is 0.767. The van der Waals surface area contributed by atoms with Crippen LogP contribution in [0.25, 0.3) is 0 Å². The molecular weight excluding hydrogens is 195 g/mol. The fraction of sp³-hybridized carbons (Fsp3) is 0.800. The van der Waals surface area contributed by atoms with E-state index >= 15 is 0 Å². The number of rotatable bonds is 4. The van der Waals surface area contributed by atoms with E-state index in [1.165, 1.54) is 0 Å². The summed E-state index contributed by atoms with van der Waals surface area (Å²) in [7, 11) is 0. The first kappa shape index (κ1) is 14.5. The third-order valence-electron chi connectivity index (χ3n) is 0.490. The number of hydrogen-bond donors (Lipinski definition) is 0. The van der Waals surface area contributed by atoms with E-state index in [-0.39, 0.29) is 29.6 Å². The monoisotopic (exact) mass is 206 g/mol. The van der Waals surface area contributed by atoms with E-state index in [4.69, 9.17) is 0 Å². The molecule has 0 N–H and O–H groups in total. The Balaban J connectivity index is 0. The molecule has 0 aliphatic carbocycles. The molecule has 0 amide bonds. The number of carbonyl (C=O) groups is 1. The SMILES string of the molecule is CCSOC(=O)OSCC.[NaH]. The van der Waals surface area contributed by atoms with Gasteiger partial charge in [0.15, 0.2) is 0 Å². The molecule has 0 aliphatic heterocycles. The summed E-state index contributed by atoms with van der Waals surface area (Å²) in [6.07, 6.45) is -0.626. The Kier molecular flexibility index (Phi) is 14.5. The van der Waals surface area contributed by atoms with Gasteiger partial charge in [-0.2, -0.15) is 0 Å². The summed E-state index contributed by atoms with van der Waals surface area (Å²) >= 11 is 2.16. The first-order valence-corrected chi connectivity index (χ1v) is 4.76. The van der Waals surface area contributed by atoms with Gasteiger partial charge in [0.2, 0.25) is 0 Å². The quantitative estimate of drug-likeness (QED) is 0.518. The molecule has 0 saturated carbocycles. The summed E-state index contributed by atoms with van der Waals surface area (Å²) in [5.41, 5.74) is 0. The van der Waals surface area contributed by atoms with E-state index in [1.54, 1.807) is 0 Å². The van der Waals surface area contributed by atoms with Gasteiger partial charge in [-0.3, -0.25) is 0 Å². The van der Waals surface area contributed by atoms with Gasteiger partial charge in [0.1, 0.15) is 0 Å². The Bertz CT molecular complexity index is 91.7. The topological polar surface area (TPSA) is 35.5 Å². The van der Waals surface area contributed by atoms with Gasteiger partial charge < -0.3 is 8.37 Å². The first-order valence-electron chi connectivity index (χ1n) is 2.94. The van der Waals surface area contributed by atoms with Crippen molar-refractivity contribution in [3.05, 3.63) is 0 Å². The fourth-order valence-electron chi connectivity index (χ4n) is 0.228. The molecule has 0 aromatic heterocycles. The molecule has 0 aromatic carbocycles. The van der Waals surface area contributed by atoms with E-state index < -0.39 is 6.16 Å². The van der Waals surface area contributed by atoms with Crippen LogP contribution in [-0.4, -0.2) is 47.2 Å². The standard InChI is InChI=1S/C5H10O3S2.Na.H/c1-3-9-7-5(6)8-10-4-2;;/h3-4H2,1-2H3;;. The number of hydrogen-bond acceptors (Lipinski definition) is 5. The Morgan fingerprint density at radius 3 is 1.82 bits per heavy atom. The van der Waals surface area contributed by atoms with Crippen molar-refractivity contribution in [2.45, 2.75) is 13.8 Å². The molecule has 0 spiro atoms. The molecule has 0 heterocycles. The zero-order chi connectivity index (χ0) is 7.82. The molecule has 0 fully saturated rings. The minimum atomic E-state index is -0.626. The Morgan fingerprint density at radius 2 is 1.55 bits per heavy atom. The maximum absolute atomic E-state index is 10.5. The van der Waals surface area contributed by atoms with Gasteiger partial charge in [0.25, 0.3) is 0 Å². The Labute approximate surface area is 97.7 Å². The first-order chi connectivity index (χ1) is 4.81. The van der Waals surface area contributed by atoms with Crippen molar-refractivity contribution >= 4 is 59.8 Å². The van der Waals surface area contributed by atoms with Gasteiger partial charge in [0, 0.05) is 11.5 Å². The second kappa shape index (κ2) is 11.0. The molecule has 0 radical (unpaired) electrons. The van der Waals surface area contributed by atoms with Crippen LogP contribution in [0, 0.1) is 0 Å². The van der Waals surface area contributed by atoms with Gasteiger partial charge in [0.05, 0.1) is 24.1 Å². The van der Waals surface area contributed by atoms with Gasteiger partial charge in [-0.05, 0) is 0 Å². The van der Waals surface area contributed by atoms with Crippen molar-refractivity contribution in [2.24, 2.45) is 0 Å². The predicted molar refractivity (Wildman–Crippen MR) is 51.0 cm³/mol.